The van der Waals surface area contributed by atoms with E-state index in [4.69, 9.17) is 9.47 Å². The Morgan fingerprint density at radius 3 is 2.92 bits per heavy atom. The van der Waals surface area contributed by atoms with E-state index in [1.165, 1.54) is 42.1 Å². The molecule has 1 fully saturated rings. The fourth-order valence-corrected chi connectivity index (χ4v) is 2.96. The summed E-state index contributed by atoms with van der Waals surface area (Å²) in [4.78, 5) is 25.2. The molecule has 2 aromatic rings. The first-order valence-electron chi connectivity index (χ1n) is 8.21. The fraction of sp³-hybridized carbons (Fsp3) is 0.316. The molecular formula is C19H18N2O5. The highest BCUT2D eigenvalue weighted by Crippen LogP contribution is 2.25. The van der Waals surface area contributed by atoms with Crippen molar-refractivity contribution in [1.29, 1.82) is 5.26 Å². The van der Waals surface area contributed by atoms with E-state index >= 15 is 0 Å². The number of hydrogen-bond acceptors (Lipinski definition) is 6. The molecule has 0 saturated carbocycles. The first-order valence-corrected chi connectivity index (χ1v) is 8.21. The van der Waals surface area contributed by atoms with Crippen LogP contribution in [0.2, 0.25) is 0 Å². The molecule has 3 rings (SSSR count). The normalized spacial score (nSPS) is 16.2. The lowest BCUT2D eigenvalue weighted by Crippen LogP contribution is -2.28. The van der Waals surface area contributed by atoms with Crippen LogP contribution < -0.4 is 10.3 Å². The molecule has 7 heteroatoms. The van der Waals surface area contributed by atoms with E-state index in [0.717, 1.165) is 12.8 Å². The summed E-state index contributed by atoms with van der Waals surface area (Å²) in [6.07, 6.45) is 3.03. The van der Waals surface area contributed by atoms with E-state index in [2.05, 4.69) is 0 Å². The lowest BCUT2D eigenvalue weighted by atomic mass is 10.0. The van der Waals surface area contributed by atoms with Gasteiger partial charge in [-0.2, -0.15) is 5.26 Å². The van der Waals surface area contributed by atoms with Gasteiger partial charge in [0.25, 0.3) is 5.56 Å². The number of aromatic hydroxyl groups is 1. The Kier molecular flexibility index (Phi) is 5.05. The predicted molar refractivity (Wildman–Crippen MR) is 92.5 cm³/mol. The van der Waals surface area contributed by atoms with E-state index in [0.29, 0.717) is 12.4 Å². The average Bonchev–Trinajstić information content (AvgIpc) is 3.16. The summed E-state index contributed by atoms with van der Waals surface area (Å²) in [5.74, 6) is -0.287. The van der Waals surface area contributed by atoms with Crippen molar-refractivity contribution in [3.05, 3.63) is 57.5 Å². The number of pyridine rings is 1. The van der Waals surface area contributed by atoms with Crippen LogP contribution in [0, 0.1) is 11.3 Å². The van der Waals surface area contributed by atoms with Gasteiger partial charge >= 0.3 is 0 Å². The summed E-state index contributed by atoms with van der Waals surface area (Å²) in [6, 6.07) is 7.39. The number of carbonyl (C=O) groups is 1. The smallest absolute Gasteiger partial charge is 0.268 e. The Hall–Kier alpha value is -3.11. The van der Waals surface area contributed by atoms with E-state index in [9.17, 15) is 20.0 Å². The van der Waals surface area contributed by atoms with Crippen molar-refractivity contribution in [1.82, 2.24) is 4.57 Å². The lowest BCUT2D eigenvalue weighted by Gasteiger charge is -2.14. The lowest BCUT2D eigenvalue weighted by molar-refractivity contribution is 0.0955. The number of benzene rings is 1. The Labute approximate surface area is 150 Å². The third-order valence-electron chi connectivity index (χ3n) is 4.34. The average molecular weight is 354 g/mol. The zero-order valence-electron chi connectivity index (χ0n) is 14.3. The molecular weight excluding hydrogens is 336 g/mol. The third-order valence-corrected chi connectivity index (χ3v) is 4.34. The number of ether oxygens (including phenoxy) is 2. The van der Waals surface area contributed by atoms with Crippen LogP contribution in [0.1, 0.15) is 34.3 Å². The maximum atomic E-state index is 12.8. The molecule has 0 aliphatic carbocycles. The second-order valence-electron chi connectivity index (χ2n) is 6.06. The highest BCUT2D eigenvalue weighted by molar-refractivity contribution is 6.10. The third kappa shape index (κ3) is 3.46. The van der Waals surface area contributed by atoms with Gasteiger partial charge in [0.05, 0.1) is 25.3 Å². The zero-order valence-corrected chi connectivity index (χ0v) is 14.3. The maximum absolute atomic E-state index is 12.8. The number of nitrogens with zero attached hydrogens (tertiary/aromatic N) is 2. The Morgan fingerprint density at radius 1 is 1.46 bits per heavy atom. The van der Waals surface area contributed by atoms with E-state index in [1.54, 1.807) is 0 Å². The van der Waals surface area contributed by atoms with Crippen molar-refractivity contribution in [2.45, 2.75) is 25.5 Å². The minimum absolute atomic E-state index is 0.0376. The van der Waals surface area contributed by atoms with Crippen LogP contribution in [-0.2, 0) is 11.3 Å². The summed E-state index contributed by atoms with van der Waals surface area (Å²) in [5, 5.41) is 19.3. The highest BCUT2D eigenvalue weighted by atomic mass is 16.5. The van der Waals surface area contributed by atoms with Crippen molar-refractivity contribution in [2.75, 3.05) is 13.7 Å². The number of ketones is 1. The molecule has 1 aromatic heterocycles. The molecule has 1 aliphatic rings. The fourth-order valence-electron chi connectivity index (χ4n) is 2.96. The molecule has 7 nitrogen and oxygen atoms in total. The predicted octanol–water partition coefficient (Wildman–Crippen LogP) is 1.84. The summed E-state index contributed by atoms with van der Waals surface area (Å²) < 4.78 is 12.0. The number of phenolic OH excluding ortho intramolecular Hbond substituents is 1. The molecule has 134 valence electrons. The summed E-state index contributed by atoms with van der Waals surface area (Å²) >= 11 is 0. The number of nitriles is 1. The Balaban J connectivity index is 2.03. The Morgan fingerprint density at radius 2 is 2.27 bits per heavy atom. The van der Waals surface area contributed by atoms with Gasteiger partial charge in [0, 0.05) is 18.4 Å². The number of phenols is 1. The summed E-state index contributed by atoms with van der Waals surface area (Å²) in [5.41, 5.74) is -0.413. The second kappa shape index (κ2) is 7.42. The van der Waals surface area contributed by atoms with Crippen molar-refractivity contribution in [2.24, 2.45) is 0 Å². The van der Waals surface area contributed by atoms with Gasteiger partial charge in [-0.1, -0.05) is 0 Å². The number of hydrogen-bond donors (Lipinski definition) is 1. The number of methoxy groups -OCH3 is 1. The first kappa shape index (κ1) is 17.7. The molecule has 1 N–H and O–H groups in total. The van der Waals surface area contributed by atoms with Gasteiger partial charge in [0.2, 0.25) is 0 Å². The van der Waals surface area contributed by atoms with Crippen molar-refractivity contribution < 1.29 is 19.4 Å². The molecule has 0 spiro atoms. The van der Waals surface area contributed by atoms with Crippen LogP contribution in [0.3, 0.4) is 0 Å². The largest absolute Gasteiger partial charge is 0.507 e. The molecule has 0 bridgehead atoms. The van der Waals surface area contributed by atoms with Crippen LogP contribution in [0.4, 0.5) is 0 Å². The van der Waals surface area contributed by atoms with Gasteiger partial charge in [-0.3, -0.25) is 9.59 Å². The first-order chi connectivity index (χ1) is 12.5. The highest BCUT2D eigenvalue weighted by Gasteiger charge is 2.21. The molecule has 1 atom stereocenters. The molecule has 0 radical (unpaired) electrons. The number of rotatable bonds is 5. The molecule has 1 saturated heterocycles. The van der Waals surface area contributed by atoms with Crippen molar-refractivity contribution in [3.8, 4) is 17.6 Å². The molecule has 26 heavy (non-hydrogen) atoms. The SMILES string of the molecule is COc1ccc(O)c(C(=O)c2cc(C#N)c(=O)n(C[C@H]3CCCO3)c2)c1. The number of carbonyl (C=O) groups excluding carboxylic acids is 1. The van der Waals surface area contributed by atoms with Crippen molar-refractivity contribution >= 4 is 5.78 Å². The standard InChI is InChI=1S/C19H18N2O5/c1-25-14-4-5-17(22)16(8-14)18(23)13-7-12(9-20)19(24)21(10-13)11-15-3-2-6-26-15/h4-5,7-8,10,15,22H,2-3,6,11H2,1H3/t15-/m1/s1. The molecule has 1 aromatic carbocycles. The molecule has 0 unspecified atom stereocenters. The van der Waals surface area contributed by atoms with Gasteiger partial charge < -0.3 is 19.1 Å². The van der Waals surface area contributed by atoms with Crippen LogP contribution >= 0.6 is 0 Å². The van der Waals surface area contributed by atoms with E-state index in [1.807, 2.05) is 6.07 Å². The quantitative estimate of drug-likeness (QED) is 0.822. The van der Waals surface area contributed by atoms with Gasteiger partial charge in [0.15, 0.2) is 5.78 Å². The molecule has 0 amide bonds. The van der Waals surface area contributed by atoms with Crippen LogP contribution in [-0.4, -0.2) is 35.3 Å². The van der Waals surface area contributed by atoms with Crippen molar-refractivity contribution in [3.63, 3.8) is 0 Å². The summed E-state index contributed by atoms with van der Waals surface area (Å²) in [7, 11) is 1.45. The van der Waals surface area contributed by atoms with Crippen LogP contribution in [0.15, 0.2) is 35.3 Å². The van der Waals surface area contributed by atoms with E-state index in [-0.39, 0.29) is 35.1 Å². The van der Waals surface area contributed by atoms with Gasteiger partial charge in [-0.25, -0.2) is 0 Å². The molecule has 1 aliphatic heterocycles. The maximum Gasteiger partial charge on any atom is 0.268 e. The minimum Gasteiger partial charge on any atom is -0.507 e. The summed E-state index contributed by atoms with van der Waals surface area (Å²) in [6.45, 7) is 0.916. The van der Waals surface area contributed by atoms with Crippen LogP contribution in [0.25, 0.3) is 0 Å². The van der Waals surface area contributed by atoms with Crippen LogP contribution in [0.5, 0.6) is 11.5 Å². The topological polar surface area (TPSA) is 102 Å². The van der Waals surface area contributed by atoms with Gasteiger partial charge in [0.1, 0.15) is 23.1 Å². The second-order valence-corrected chi connectivity index (χ2v) is 6.06. The van der Waals surface area contributed by atoms with Gasteiger partial charge in [-0.05, 0) is 37.1 Å². The van der Waals surface area contributed by atoms with E-state index < -0.39 is 11.3 Å². The molecule has 2 heterocycles. The monoisotopic (exact) mass is 354 g/mol. The van der Waals surface area contributed by atoms with Gasteiger partial charge in [-0.15, -0.1) is 0 Å². The zero-order chi connectivity index (χ0) is 18.7. The number of aromatic nitrogens is 1. The minimum atomic E-state index is -0.501. The Bertz CT molecular complexity index is 936.